The molecule has 0 radical (unpaired) electrons. The molecule has 0 saturated heterocycles. The lowest BCUT2D eigenvalue weighted by Gasteiger charge is -2.00. The molecule has 0 fully saturated rings. The summed E-state index contributed by atoms with van der Waals surface area (Å²) in [6.07, 6.45) is 8.50. The predicted molar refractivity (Wildman–Crippen MR) is 68.3 cm³/mol. The highest BCUT2D eigenvalue weighted by Crippen LogP contribution is 2.14. The fourth-order valence-corrected chi connectivity index (χ4v) is 1.92. The van der Waals surface area contributed by atoms with Crippen LogP contribution in [0.2, 0.25) is 0 Å². The summed E-state index contributed by atoms with van der Waals surface area (Å²) in [7, 11) is 0. The Morgan fingerprint density at radius 1 is 1.11 bits per heavy atom. The molecule has 3 rings (SSSR count). The second-order valence-corrected chi connectivity index (χ2v) is 4.07. The molecule has 0 saturated carbocycles. The maximum Gasteiger partial charge on any atom is 0.202 e. The minimum absolute atomic E-state index is 0.0385. The first-order valence-corrected chi connectivity index (χ1v) is 5.67. The van der Waals surface area contributed by atoms with Crippen molar-refractivity contribution in [3.63, 3.8) is 0 Å². The van der Waals surface area contributed by atoms with Crippen molar-refractivity contribution >= 4 is 16.6 Å². The highest BCUT2D eigenvalue weighted by Gasteiger charge is 2.08. The molecule has 2 aromatic heterocycles. The molecule has 4 nitrogen and oxygen atoms in total. The van der Waals surface area contributed by atoms with E-state index in [1.54, 1.807) is 6.20 Å². The van der Waals surface area contributed by atoms with Crippen LogP contribution in [-0.2, 0) is 6.54 Å². The van der Waals surface area contributed by atoms with E-state index >= 15 is 0 Å². The van der Waals surface area contributed by atoms with Crippen molar-refractivity contribution in [2.24, 2.45) is 0 Å². The first kappa shape index (κ1) is 10.7. The number of hydrogen-bond acceptors (Lipinski definition) is 3. The summed E-state index contributed by atoms with van der Waals surface area (Å²) in [5.74, 6) is -0.0385. The average Bonchev–Trinajstić information content (AvgIpc) is 2.82. The van der Waals surface area contributed by atoms with Crippen molar-refractivity contribution in [2.75, 3.05) is 0 Å². The van der Waals surface area contributed by atoms with Gasteiger partial charge in [0.05, 0.1) is 12.7 Å². The summed E-state index contributed by atoms with van der Waals surface area (Å²) < 4.78 is 1.88. The highest BCUT2D eigenvalue weighted by atomic mass is 16.1. The van der Waals surface area contributed by atoms with Gasteiger partial charge in [-0.3, -0.25) is 9.78 Å². The highest BCUT2D eigenvalue weighted by molar-refractivity contribution is 5.94. The smallest absolute Gasteiger partial charge is 0.202 e. The maximum absolute atomic E-state index is 12.0. The Hall–Kier alpha value is -2.49. The summed E-state index contributed by atoms with van der Waals surface area (Å²) >= 11 is 0. The molecule has 0 atom stereocenters. The van der Waals surface area contributed by atoms with E-state index in [1.165, 1.54) is 12.4 Å². The number of rotatable bonds is 3. The molecule has 0 aliphatic heterocycles. The molecule has 3 aromatic rings. The normalized spacial score (nSPS) is 10.7. The molecule has 4 heteroatoms. The minimum atomic E-state index is -0.0385. The number of benzene rings is 1. The zero-order valence-corrected chi connectivity index (χ0v) is 9.65. The summed E-state index contributed by atoms with van der Waals surface area (Å²) in [4.78, 5) is 19.9. The molecule has 0 aliphatic rings. The topological polar surface area (TPSA) is 47.8 Å². The third kappa shape index (κ3) is 2.00. The van der Waals surface area contributed by atoms with Crippen molar-refractivity contribution in [2.45, 2.75) is 6.54 Å². The van der Waals surface area contributed by atoms with Crippen molar-refractivity contribution in [1.29, 1.82) is 0 Å². The summed E-state index contributed by atoms with van der Waals surface area (Å²) in [5, 5.41) is 2.26. The molecular weight excluding hydrogens is 226 g/mol. The molecule has 1 aromatic carbocycles. The Labute approximate surface area is 104 Å². The van der Waals surface area contributed by atoms with E-state index in [0.717, 1.165) is 10.8 Å². The average molecular weight is 237 g/mol. The van der Waals surface area contributed by atoms with Gasteiger partial charge >= 0.3 is 0 Å². The largest absolute Gasteiger partial charge is 0.345 e. The first-order valence-electron chi connectivity index (χ1n) is 5.67. The maximum atomic E-state index is 12.0. The molecule has 18 heavy (non-hydrogen) atoms. The number of Topliss-reactive ketones (excluding diaryl/α,β-unsaturated/α-hetero) is 1. The molecule has 0 bridgehead atoms. The molecule has 0 aliphatic carbocycles. The van der Waals surface area contributed by atoms with Crippen LogP contribution >= 0.6 is 0 Å². The Morgan fingerprint density at radius 3 is 2.44 bits per heavy atom. The Bertz CT molecular complexity index is 655. The summed E-state index contributed by atoms with van der Waals surface area (Å²) in [6, 6.07) is 8.02. The van der Waals surface area contributed by atoms with Crippen LogP contribution in [0.25, 0.3) is 10.8 Å². The van der Waals surface area contributed by atoms with E-state index in [1.807, 2.05) is 41.2 Å². The third-order valence-corrected chi connectivity index (χ3v) is 2.78. The number of carbonyl (C=O) groups excluding carboxylic acids is 1. The van der Waals surface area contributed by atoms with Crippen molar-refractivity contribution in [3.05, 3.63) is 60.9 Å². The monoisotopic (exact) mass is 237 g/mol. The Morgan fingerprint density at radius 2 is 1.83 bits per heavy atom. The second-order valence-electron chi connectivity index (χ2n) is 4.07. The second kappa shape index (κ2) is 4.41. The van der Waals surface area contributed by atoms with Gasteiger partial charge in [0, 0.05) is 24.8 Å². The van der Waals surface area contributed by atoms with E-state index in [-0.39, 0.29) is 12.3 Å². The lowest BCUT2D eigenvalue weighted by molar-refractivity contribution is 0.0967. The van der Waals surface area contributed by atoms with Crippen LogP contribution in [0.1, 0.15) is 10.5 Å². The molecule has 0 amide bonds. The molecule has 0 unspecified atom stereocenters. The zero-order chi connectivity index (χ0) is 12.4. The number of fused-ring (bicyclic) bond motifs is 1. The summed E-state index contributed by atoms with van der Waals surface area (Å²) in [6.45, 7) is 0.285. The van der Waals surface area contributed by atoms with Crippen molar-refractivity contribution in [1.82, 2.24) is 14.5 Å². The standard InChI is InChI=1S/C14H11N3O/c18-14(13-7-15-5-6-16-13)10-17-8-11-3-1-2-4-12(11)9-17/h1-9H,10H2. The van der Waals surface area contributed by atoms with Crippen LogP contribution in [0.4, 0.5) is 0 Å². The predicted octanol–water partition coefficient (Wildman–Crippen LogP) is 2.31. The van der Waals surface area contributed by atoms with E-state index < -0.39 is 0 Å². The van der Waals surface area contributed by atoms with Gasteiger partial charge in [0.1, 0.15) is 5.69 Å². The Balaban J connectivity index is 1.86. The van der Waals surface area contributed by atoms with Gasteiger partial charge in [0.2, 0.25) is 5.78 Å². The van der Waals surface area contributed by atoms with E-state index in [2.05, 4.69) is 9.97 Å². The van der Waals surface area contributed by atoms with Crippen LogP contribution < -0.4 is 0 Å². The molecule has 88 valence electrons. The van der Waals surface area contributed by atoms with Gasteiger partial charge < -0.3 is 4.57 Å². The van der Waals surface area contributed by atoms with Crippen LogP contribution in [0.3, 0.4) is 0 Å². The van der Waals surface area contributed by atoms with Gasteiger partial charge in [0.25, 0.3) is 0 Å². The number of aromatic nitrogens is 3. The molecule has 2 heterocycles. The van der Waals surface area contributed by atoms with Crippen LogP contribution in [-0.4, -0.2) is 20.3 Å². The number of hydrogen-bond donors (Lipinski definition) is 0. The van der Waals surface area contributed by atoms with E-state index in [0.29, 0.717) is 5.69 Å². The van der Waals surface area contributed by atoms with Gasteiger partial charge in [0.15, 0.2) is 0 Å². The van der Waals surface area contributed by atoms with E-state index in [9.17, 15) is 4.79 Å². The lowest BCUT2D eigenvalue weighted by atomic mass is 10.2. The van der Waals surface area contributed by atoms with Gasteiger partial charge in [-0.15, -0.1) is 0 Å². The fraction of sp³-hybridized carbons (Fsp3) is 0.0714. The van der Waals surface area contributed by atoms with Gasteiger partial charge in [-0.25, -0.2) is 4.98 Å². The molecule has 0 N–H and O–H groups in total. The lowest BCUT2D eigenvalue weighted by Crippen LogP contribution is -2.10. The molecule has 0 spiro atoms. The van der Waals surface area contributed by atoms with Gasteiger partial charge in [-0.2, -0.15) is 0 Å². The van der Waals surface area contributed by atoms with Gasteiger partial charge in [-0.05, 0) is 10.8 Å². The third-order valence-electron chi connectivity index (χ3n) is 2.78. The number of ketones is 1. The van der Waals surface area contributed by atoms with E-state index in [4.69, 9.17) is 0 Å². The minimum Gasteiger partial charge on any atom is -0.345 e. The van der Waals surface area contributed by atoms with Crippen LogP contribution in [0.15, 0.2) is 55.2 Å². The number of carbonyl (C=O) groups is 1. The van der Waals surface area contributed by atoms with Gasteiger partial charge in [-0.1, -0.05) is 24.3 Å². The fourth-order valence-electron chi connectivity index (χ4n) is 1.92. The number of nitrogens with zero attached hydrogens (tertiary/aromatic N) is 3. The van der Waals surface area contributed by atoms with Crippen molar-refractivity contribution in [3.8, 4) is 0 Å². The van der Waals surface area contributed by atoms with Crippen LogP contribution in [0.5, 0.6) is 0 Å². The van der Waals surface area contributed by atoms with Crippen LogP contribution in [0, 0.1) is 0 Å². The quantitative estimate of drug-likeness (QED) is 0.657. The first-order chi connectivity index (χ1) is 8.83. The van der Waals surface area contributed by atoms with Crippen molar-refractivity contribution < 1.29 is 4.79 Å². The summed E-state index contributed by atoms with van der Waals surface area (Å²) in [5.41, 5.74) is 0.398. The SMILES string of the molecule is O=C(Cn1cc2ccccc2c1)c1cnccn1. The Kier molecular flexibility index (Phi) is 2.61. The molecular formula is C14H11N3O. The zero-order valence-electron chi connectivity index (χ0n) is 9.65.